The lowest BCUT2D eigenvalue weighted by atomic mass is 9.95. The van der Waals surface area contributed by atoms with E-state index in [1.807, 2.05) is 26.0 Å². The smallest absolute Gasteiger partial charge is 0.356 e. The highest BCUT2D eigenvalue weighted by Crippen LogP contribution is 2.39. The van der Waals surface area contributed by atoms with Gasteiger partial charge < -0.3 is 20.4 Å². The molecule has 3 atom stereocenters. The van der Waals surface area contributed by atoms with Gasteiger partial charge in [-0.2, -0.15) is 5.26 Å². The van der Waals surface area contributed by atoms with Crippen molar-refractivity contribution in [1.82, 2.24) is 15.0 Å². The third kappa shape index (κ3) is 4.24. The Labute approximate surface area is 207 Å². The van der Waals surface area contributed by atoms with Gasteiger partial charge in [-0.3, -0.25) is 0 Å². The number of carboxylic acid groups (broad SMARTS) is 1. The number of nitrogens with zero attached hydrogens (tertiary/aromatic N) is 5. The van der Waals surface area contributed by atoms with Crippen molar-refractivity contribution in [3.8, 4) is 6.07 Å². The molecule has 35 heavy (non-hydrogen) atoms. The minimum Gasteiger partial charge on any atom is -0.476 e. The number of aliphatic hydroxyl groups is 1. The van der Waals surface area contributed by atoms with Gasteiger partial charge in [0, 0.05) is 30.5 Å². The van der Waals surface area contributed by atoms with E-state index in [0.717, 1.165) is 24.0 Å². The zero-order chi connectivity index (χ0) is 24.9. The molecule has 2 aromatic heterocycles. The van der Waals surface area contributed by atoms with Crippen LogP contribution in [0.3, 0.4) is 0 Å². The summed E-state index contributed by atoms with van der Waals surface area (Å²) in [5.41, 5.74) is 3.45. The number of nitriles is 1. The van der Waals surface area contributed by atoms with Crippen molar-refractivity contribution in [1.29, 1.82) is 5.26 Å². The van der Waals surface area contributed by atoms with Crippen molar-refractivity contribution >= 4 is 40.1 Å². The van der Waals surface area contributed by atoms with Crippen LogP contribution in [-0.4, -0.2) is 50.3 Å². The van der Waals surface area contributed by atoms with Gasteiger partial charge in [-0.1, -0.05) is 17.7 Å². The van der Waals surface area contributed by atoms with Crippen LogP contribution >= 0.6 is 11.6 Å². The zero-order valence-electron chi connectivity index (χ0n) is 19.4. The number of aliphatic hydroxyl groups excluding tert-OH is 1. The van der Waals surface area contributed by atoms with Gasteiger partial charge >= 0.3 is 5.97 Å². The minimum absolute atomic E-state index is 0.0989. The number of fused-ring (bicyclic) bond motifs is 3. The van der Waals surface area contributed by atoms with Crippen LogP contribution in [0.1, 0.15) is 53.1 Å². The summed E-state index contributed by atoms with van der Waals surface area (Å²) in [5, 5.41) is 33.2. The summed E-state index contributed by atoms with van der Waals surface area (Å²) >= 11 is 5.90. The maximum atomic E-state index is 11.7. The Balaban J connectivity index is 1.57. The number of aromatic carboxylic acids is 1. The molecule has 1 aliphatic carbocycles. The van der Waals surface area contributed by atoms with Gasteiger partial charge in [0.1, 0.15) is 11.2 Å². The van der Waals surface area contributed by atoms with Gasteiger partial charge in [0.05, 0.1) is 28.9 Å². The fourth-order valence-electron chi connectivity index (χ4n) is 5.34. The van der Waals surface area contributed by atoms with Gasteiger partial charge in [-0.25, -0.2) is 19.7 Å². The number of pyridine rings is 1. The van der Waals surface area contributed by atoms with Gasteiger partial charge in [0.25, 0.3) is 0 Å². The number of anilines is 2. The Hall–Kier alpha value is -3.48. The number of halogens is 1. The summed E-state index contributed by atoms with van der Waals surface area (Å²) in [4.78, 5) is 27.3. The van der Waals surface area contributed by atoms with Crippen LogP contribution in [0.2, 0.25) is 5.15 Å². The molecule has 1 saturated carbocycles. The average Bonchev–Trinajstić information content (AvgIpc) is 3.03. The maximum Gasteiger partial charge on any atom is 0.356 e. The second kappa shape index (κ2) is 8.95. The monoisotopic (exact) mass is 492 g/mol. The molecule has 1 saturated heterocycles. The van der Waals surface area contributed by atoms with E-state index >= 15 is 0 Å². The van der Waals surface area contributed by atoms with E-state index in [0.29, 0.717) is 35.6 Å². The lowest BCUT2D eigenvalue weighted by Gasteiger charge is -2.36. The first-order valence-corrected chi connectivity index (χ1v) is 11.9. The number of aryl methyl sites for hydroxylation is 1. The largest absolute Gasteiger partial charge is 0.476 e. The fourth-order valence-corrected chi connectivity index (χ4v) is 5.49. The van der Waals surface area contributed by atoms with E-state index in [1.54, 1.807) is 6.07 Å². The van der Waals surface area contributed by atoms with Crippen molar-refractivity contribution in [2.75, 3.05) is 23.3 Å². The summed E-state index contributed by atoms with van der Waals surface area (Å²) in [5.74, 6) is -0.315. The van der Waals surface area contributed by atoms with E-state index in [9.17, 15) is 20.3 Å². The van der Waals surface area contributed by atoms with E-state index in [4.69, 9.17) is 16.6 Å². The Bertz CT molecular complexity index is 1360. The predicted molar refractivity (Wildman–Crippen MR) is 132 cm³/mol. The summed E-state index contributed by atoms with van der Waals surface area (Å²) in [6, 6.07) is 8.86. The summed E-state index contributed by atoms with van der Waals surface area (Å²) < 4.78 is 0. The van der Waals surface area contributed by atoms with Crippen LogP contribution in [0.15, 0.2) is 24.3 Å². The molecule has 0 radical (unpaired) electrons. The van der Waals surface area contributed by atoms with Gasteiger partial charge in [0.15, 0.2) is 17.2 Å². The second-order valence-corrected chi connectivity index (χ2v) is 9.81. The molecule has 9 nitrogen and oxygen atoms in total. The molecule has 1 aliphatic heterocycles. The third-order valence-electron chi connectivity index (χ3n) is 7.02. The number of hydrogen-bond donors (Lipinski definition) is 3. The van der Waals surface area contributed by atoms with Crippen LogP contribution in [0.25, 0.3) is 11.0 Å². The fraction of sp³-hybridized carbons (Fsp3) is 0.400. The van der Waals surface area contributed by atoms with E-state index in [2.05, 4.69) is 26.3 Å². The molecule has 2 aliphatic rings. The van der Waals surface area contributed by atoms with Crippen LogP contribution in [0, 0.1) is 30.1 Å². The molecule has 3 heterocycles. The number of hydrogen-bond acceptors (Lipinski definition) is 8. The van der Waals surface area contributed by atoms with Crippen LogP contribution in [-0.2, 0) is 0 Å². The minimum atomic E-state index is -1.18. The number of nitrogens with one attached hydrogen (secondary N) is 1. The highest BCUT2D eigenvalue weighted by Gasteiger charge is 2.42. The molecule has 3 aromatic rings. The van der Waals surface area contributed by atoms with Crippen LogP contribution < -0.4 is 10.2 Å². The average molecular weight is 493 g/mol. The topological polar surface area (TPSA) is 135 Å². The van der Waals surface area contributed by atoms with Gasteiger partial charge in [-0.05, 0) is 50.5 Å². The van der Waals surface area contributed by atoms with Gasteiger partial charge in [-0.15, -0.1) is 0 Å². The molecule has 2 fully saturated rings. The standard InChI is InChI=1S/C25H25ClN6O3/c1-12-7-16(13(2)28-17-5-6-20(26)30-22(17)25(34)35)21-18(8-12)29-19(9-27)24(31-21)32-10-14-3-4-15(11-32)23(14)33/h5-8,13-15,23,28,33H,3-4,10-11H2,1-2H3,(H,34,35)/t13-,14?,15?,23?/m1/s1. The van der Waals surface area contributed by atoms with Crippen molar-refractivity contribution in [3.63, 3.8) is 0 Å². The molecular formula is C25H25ClN6O3. The maximum absolute atomic E-state index is 11.7. The van der Waals surface area contributed by atoms with Gasteiger partial charge in [0.2, 0.25) is 0 Å². The SMILES string of the molecule is Cc1cc([C@@H](C)Nc2ccc(Cl)nc2C(=O)O)c2nc(N3CC4CCC(C3)C4O)c(C#N)nc2c1. The molecular weight excluding hydrogens is 468 g/mol. The van der Waals surface area contributed by atoms with Crippen molar-refractivity contribution in [2.24, 2.45) is 11.8 Å². The predicted octanol–water partition coefficient (Wildman–Crippen LogP) is 3.94. The zero-order valence-corrected chi connectivity index (χ0v) is 20.1. The molecule has 2 bridgehead atoms. The normalized spacial score (nSPS) is 22.1. The molecule has 180 valence electrons. The third-order valence-corrected chi connectivity index (χ3v) is 7.23. The summed E-state index contributed by atoms with van der Waals surface area (Å²) in [6.07, 6.45) is 1.64. The number of piperidine rings is 1. The van der Waals surface area contributed by atoms with E-state index in [1.165, 1.54) is 6.07 Å². The highest BCUT2D eigenvalue weighted by atomic mass is 35.5. The van der Waals surface area contributed by atoms with Crippen molar-refractivity contribution in [2.45, 2.75) is 38.8 Å². The van der Waals surface area contributed by atoms with Crippen LogP contribution in [0.5, 0.6) is 0 Å². The Kier molecular flexibility index (Phi) is 5.95. The molecule has 10 heteroatoms. The first-order valence-electron chi connectivity index (χ1n) is 11.6. The molecule has 0 spiro atoms. The van der Waals surface area contributed by atoms with Crippen molar-refractivity contribution < 1.29 is 15.0 Å². The first kappa shape index (κ1) is 23.3. The Morgan fingerprint density at radius 3 is 2.60 bits per heavy atom. The molecule has 1 aromatic carbocycles. The lowest BCUT2D eigenvalue weighted by molar-refractivity contribution is 0.0691. The molecule has 5 rings (SSSR count). The lowest BCUT2D eigenvalue weighted by Crippen LogP contribution is -2.45. The first-order chi connectivity index (χ1) is 16.7. The quantitative estimate of drug-likeness (QED) is 0.452. The summed E-state index contributed by atoms with van der Waals surface area (Å²) in [7, 11) is 0. The molecule has 3 N–H and O–H groups in total. The van der Waals surface area contributed by atoms with Crippen molar-refractivity contribution in [3.05, 3.63) is 51.9 Å². The van der Waals surface area contributed by atoms with Crippen LogP contribution in [0.4, 0.5) is 11.5 Å². The number of rotatable bonds is 5. The highest BCUT2D eigenvalue weighted by molar-refractivity contribution is 6.29. The summed E-state index contributed by atoms with van der Waals surface area (Å²) in [6.45, 7) is 5.12. The molecule has 2 unspecified atom stereocenters. The second-order valence-electron chi connectivity index (χ2n) is 9.42. The number of aromatic nitrogens is 3. The van der Waals surface area contributed by atoms with E-state index < -0.39 is 5.97 Å². The Morgan fingerprint density at radius 1 is 1.23 bits per heavy atom. The number of carboxylic acids is 1. The molecule has 0 amide bonds. The van der Waals surface area contributed by atoms with E-state index in [-0.39, 0.29) is 40.5 Å². The number of carbonyl (C=O) groups is 1. The Morgan fingerprint density at radius 2 is 1.94 bits per heavy atom. The number of benzene rings is 1.